The largest absolute Gasteiger partial charge is 0.493 e. The minimum atomic E-state index is -0.679. The van der Waals surface area contributed by atoms with E-state index in [2.05, 4.69) is 11.6 Å². The molecular weight excluding hydrogens is 480 g/mol. The maximum absolute atomic E-state index is 13.7. The summed E-state index contributed by atoms with van der Waals surface area (Å²) in [5.41, 5.74) is 2.00. The van der Waals surface area contributed by atoms with Crippen LogP contribution < -0.4 is 29.1 Å². The first-order valence-electron chi connectivity index (χ1n) is 11.1. The van der Waals surface area contributed by atoms with Crippen LogP contribution >= 0.6 is 11.3 Å². The summed E-state index contributed by atoms with van der Waals surface area (Å²) in [6.45, 7) is 5.41. The molecule has 0 bridgehead atoms. The van der Waals surface area contributed by atoms with E-state index in [1.54, 1.807) is 29.7 Å². The number of allylic oxidation sites excluding steroid dienone is 1. The number of fused-ring (bicyclic) bond motifs is 1. The lowest BCUT2D eigenvalue weighted by Crippen LogP contribution is -2.39. The average molecular weight is 507 g/mol. The molecule has 1 aliphatic heterocycles. The number of carbonyl (C=O) groups is 1. The third kappa shape index (κ3) is 4.57. The zero-order valence-corrected chi connectivity index (χ0v) is 21.3. The molecule has 3 aromatic rings. The summed E-state index contributed by atoms with van der Waals surface area (Å²) in [5.74, 6) is 0.868. The average Bonchev–Trinajstić information content (AvgIpc) is 3.20. The smallest absolute Gasteiger partial charge is 0.338 e. The summed E-state index contributed by atoms with van der Waals surface area (Å²) in [6, 6.07) is 12.2. The van der Waals surface area contributed by atoms with Gasteiger partial charge in [-0.05, 0) is 36.3 Å². The van der Waals surface area contributed by atoms with Crippen molar-refractivity contribution in [3.8, 4) is 17.2 Å². The quantitative estimate of drug-likeness (QED) is 0.345. The SMILES string of the molecule is C=CCOC(=O)C1=C(C)N=c2s/c(=C\c3cc(OC)c(OC)c(OC)c3)c(=O)n2[C@H]1c1ccccc1. The highest BCUT2D eigenvalue weighted by Crippen LogP contribution is 2.38. The maximum Gasteiger partial charge on any atom is 0.338 e. The summed E-state index contributed by atoms with van der Waals surface area (Å²) in [7, 11) is 4.59. The number of carbonyl (C=O) groups excluding carboxylic acids is 1. The fourth-order valence-corrected chi connectivity index (χ4v) is 5.13. The van der Waals surface area contributed by atoms with Crippen molar-refractivity contribution in [3.63, 3.8) is 0 Å². The van der Waals surface area contributed by atoms with Gasteiger partial charge in [-0.15, -0.1) is 0 Å². The fraction of sp³-hybridized carbons (Fsp3) is 0.222. The van der Waals surface area contributed by atoms with Crippen molar-refractivity contribution in [2.45, 2.75) is 13.0 Å². The van der Waals surface area contributed by atoms with Crippen molar-refractivity contribution in [3.05, 3.63) is 97.2 Å². The Morgan fingerprint density at radius 3 is 2.36 bits per heavy atom. The van der Waals surface area contributed by atoms with Gasteiger partial charge in [0.15, 0.2) is 16.3 Å². The Bertz CT molecular complexity index is 1490. The molecule has 36 heavy (non-hydrogen) atoms. The first-order valence-corrected chi connectivity index (χ1v) is 11.9. The highest BCUT2D eigenvalue weighted by atomic mass is 32.1. The van der Waals surface area contributed by atoms with E-state index in [1.807, 2.05) is 30.3 Å². The monoisotopic (exact) mass is 506 g/mol. The molecule has 2 aromatic carbocycles. The standard InChI is InChI=1S/C27H26N2O6S/c1-6-12-35-26(31)22-16(2)28-27-29(23(22)18-10-8-7-9-11-18)25(30)21(36-27)15-17-13-19(32-3)24(34-5)20(14-17)33-4/h6-11,13-15,23H,1,12H2,2-5H3/b21-15-/t23-/m0/s1. The molecule has 1 atom stereocenters. The molecule has 9 heteroatoms. The summed E-state index contributed by atoms with van der Waals surface area (Å²) < 4.78 is 23.6. The van der Waals surface area contributed by atoms with E-state index < -0.39 is 12.0 Å². The highest BCUT2D eigenvalue weighted by molar-refractivity contribution is 7.07. The van der Waals surface area contributed by atoms with Crippen LogP contribution in [0, 0.1) is 0 Å². The third-order valence-corrected chi connectivity index (χ3v) is 6.66. The van der Waals surface area contributed by atoms with E-state index in [1.165, 1.54) is 38.7 Å². The Labute approximate surface area is 212 Å². The van der Waals surface area contributed by atoms with Crippen LogP contribution in [-0.2, 0) is 9.53 Å². The lowest BCUT2D eigenvalue weighted by Gasteiger charge is -2.24. The van der Waals surface area contributed by atoms with Crippen molar-refractivity contribution in [2.75, 3.05) is 27.9 Å². The highest BCUT2D eigenvalue weighted by Gasteiger charge is 2.33. The molecule has 0 amide bonds. The van der Waals surface area contributed by atoms with Crippen LogP contribution in [0.4, 0.5) is 0 Å². The van der Waals surface area contributed by atoms with Crippen LogP contribution in [0.5, 0.6) is 17.2 Å². The lowest BCUT2D eigenvalue weighted by atomic mass is 9.96. The number of ether oxygens (including phenoxy) is 4. The molecule has 0 spiro atoms. The predicted octanol–water partition coefficient (Wildman–Crippen LogP) is 2.99. The number of methoxy groups -OCH3 is 3. The zero-order chi connectivity index (χ0) is 25.8. The topological polar surface area (TPSA) is 88.4 Å². The Balaban J connectivity index is 1.92. The number of aromatic nitrogens is 1. The van der Waals surface area contributed by atoms with Gasteiger partial charge in [-0.25, -0.2) is 9.79 Å². The number of thiazole rings is 1. The predicted molar refractivity (Wildman–Crippen MR) is 137 cm³/mol. The van der Waals surface area contributed by atoms with E-state index in [9.17, 15) is 9.59 Å². The van der Waals surface area contributed by atoms with Crippen molar-refractivity contribution in [1.29, 1.82) is 0 Å². The second-order valence-corrected chi connectivity index (χ2v) is 8.85. The van der Waals surface area contributed by atoms with Gasteiger partial charge in [-0.3, -0.25) is 9.36 Å². The maximum atomic E-state index is 13.7. The Hall–Kier alpha value is -4.11. The van der Waals surface area contributed by atoms with Gasteiger partial charge in [0.1, 0.15) is 6.61 Å². The lowest BCUT2D eigenvalue weighted by molar-refractivity contribution is -0.138. The van der Waals surface area contributed by atoms with Crippen LogP contribution in [0.1, 0.15) is 24.1 Å². The van der Waals surface area contributed by atoms with Gasteiger partial charge < -0.3 is 18.9 Å². The number of nitrogens with zero attached hydrogens (tertiary/aromatic N) is 2. The molecule has 0 saturated carbocycles. The number of rotatable bonds is 8. The molecule has 1 aliphatic rings. The van der Waals surface area contributed by atoms with Crippen molar-refractivity contribution >= 4 is 23.4 Å². The van der Waals surface area contributed by atoms with Crippen LogP contribution in [0.2, 0.25) is 0 Å². The normalized spacial score (nSPS) is 15.1. The van der Waals surface area contributed by atoms with Gasteiger partial charge >= 0.3 is 5.97 Å². The molecule has 186 valence electrons. The van der Waals surface area contributed by atoms with Gasteiger partial charge in [0.05, 0.1) is 43.2 Å². The molecule has 0 radical (unpaired) electrons. The van der Waals surface area contributed by atoms with Gasteiger partial charge in [0.2, 0.25) is 5.75 Å². The minimum absolute atomic E-state index is 0.0582. The van der Waals surface area contributed by atoms with Crippen molar-refractivity contribution in [2.24, 2.45) is 4.99 Å². The van der Waals surface area contributed by atoms with Crippen molar-refractivity contribution in [1.82, 2.24) is 4.57 Å². The van der Waals surface area contributed by atoms with E-state index in [4.69, 9.17) is 18.9 Å². The molecular formula is C27H26N2O6S. The summed E-state index contributed by atoms with van der Waals surface area (Å²) in [4.78, 5) is 31.8. The first-order chi connectivity index (χ1) is 17.4. The van der Waals surface area contributed by atoms with E-state index in [-0.39, 0.29) is 12.2 Å². The van der Waals surface area contributed by atoms with Gasteiger partial charge in [0, 0.05) is 0 Å². The number of hydrogen-bond acceptors (Lipinski definition) is 8. The summed E-state index contributed by atoms with van der Waals surface area (Å²) >= 11 is 1.24. The third-order valence-electron chi connectivity index (χ3n) is 5.67. The molecule has 0 N–H and O–H groups in total. The Morgan fingerprint density at radius 2 is 1.78 bits per heavy atom. The minimum Gasteiger partial charge on any atom is -0.493 e. The van der Waals surface area contributed by atoms with E-state index >= 15 is 0 Å². The van der Waals surface area contributed by atoms with Crippen LogP contribution in [0.3, 0.4) is 0 Å². The molecule has 2 heterocycles. The molecule has 0 aliphatic carbocycles. The fourth-order valence-electron chi connectivity index (χ4n) is 4.08. The molecule has 0 unspecified atom stereocenters. The Kier molecular flexibility index (Phi) is 7.40. The van der Waals surface area contributed by atoms with Crippen LogP contribution in [-0.4, -0.2) is 38.5 Å². The molecule has 1 aromatic heterocycles. The zero-order valence-electron chi connectivity index (χ0n) is 20.4. The second-order valence-electron chi connectivity index (χ2n) is 7.84. The molecule has 0 fully saturated rings. The second kappa shape index (κ2) is 10.7. The number of benzene rings is 2. The Morgan fingerprint density at radius 1 is 1.11 bits per heavy atom. The van der Waals surface area contributed by atoms with Crippen molar-refractivity contribution < 1.29 is 23.7 Å². The number of hydrogen-bond donors (Lipinski definition) is 0. The summed E-state index contributed by atoms with van der Waals surface area (Å²) in [5, 5.41) is 0. The van der Waals surface area contributed by atoms with E-state index in [0.717, 1.165) is 5.56 Å². The molecule has 8 nitrogen and oxygen atoms in total. The molecule has 4 rings (SSSR count). The van der Waals surface area contributed by atoms with Gasteiger partial charge in [-0.2, -0.15) is 0 Å². The molecule has 0 saturated heterocycles. The van der Waals surface area contributed by atoms with E-state index in [0.29, 0.717) is 43.4 Å². The van der Waals surface area contributed by atoms with Gasteiger partial charge in [0.25, 0.3) is 5.56 Å². The number of esters is 1. The first kappa shape index (κ1) is 25.0. The van der Waals surface area contributed by atoms with Crippen LogP contribution in [0.15, 0.2) is 76.2 Å². The summed E-state index contributed by atoms with van der Waals surface area (Å²) in [6.07, 6.45) is 3.24. The van der Waals surface area contributed by atoms with Gasteiger partial charge in [-0.1, -0.05) is 54.3 Å². The van der Waals surface area contributed by atoms with Crippen LogP contribution in [0.25, 0.3) is 6.08 Å².